The number of halogens is 2. The van der Waals surface area contributed by atoms with Crippen LogP contribution >= 0.6 is 27.5 Å². The monoisotopic (exact) mass is 654 g/mol. The molecule has 1 saturated carbocycles. The van der Waals surface area contributed by atoms with Crippen LogP contribution in [0.3, 0.4) is 0 Å². The van der Waals surface area contributed by atoms with E-state index in [9.17, 15) is 19.2 Å². The number of carbonyl (C=O) groups is 4. The fourth-order valence-electron chi connectivity index (χ4n) is 6.58. The van der Waals surface area contributed by atoms with E-state index in [4.69, 9.17) is 21.3 Å². The van der Waals surface area contributed by atoms with Crippen LogP contribution in [0.4, 0.5) is 5.69 Å². The standard InChI is InChI=1S/C34H24BrClN2O5/c1-17(31(39)19-4-9-23(36)10-5-19)43-34(42)26-16-28(37-27-13-8-22(35)15-25(26)27)18-6-11-24(12-7-18)38-32(40)29-20-2-3-21(14-20)30(29)33(38)41/h2-13,15-17,20-21,29-30H,14H2,1H3/t17-,20-,21-,29+,30+/m0/s1. The highest BCUT2D eigenvalue weighted by Crippen LogP contribution is 2.53. The number of ether oxygens (including phenoxy) is 1. The van der Waals surface area contributed by atoms with E-state index < -0.39 is 12.1 Å². The fourth-order valence-corrected chi connectivity index (χ4v) is 7.07. The lowest BCUT2D eigenvalue weighted by molar-refractivity contribution is -0.123. The van der Waals surface area contributed by atoms with Gasteiger partial charge in [0.15, 0.2) is 6.10 Å². The van der Waals surface area contributed by atoms with Crippen LogP contribution in [0.2, 0.25) is 5.02 Å². The van der Waals surface area contributed by atoms with Gasteiger partial charge in [-0.15, -0.1) is 0 Å². The molecule has 2 bridgehead atoms. The number of hydrogen-bond donors (Lipinski definition) is 0. The number of carbonyl (C=O) groups excluding carboxylic acids is 4. The highest BCUT2D eigenvalue weighted by atomic mass is 79.9. The Balaban J connectivity index is 1.18. The number of benzene rings is 3. The maximum Gasteiger partial charge on any atom is 0.339 e. The van der Waals surface area contributed by atoms with Gasteiger partial charge in [-0.3, -0.25) is 19.3 Å². The minimum atomic E-state index is -1.03. The van der Waals surface area contributed by atoms with Crippen molar-refractivity contribution in [1.29, 1.82) is 0 Å². The van der Waals surface area contributed by atoms with Crippen molar-refractivity contribution in [2.45, 2.75) is 19.4 Å². The SMILES string of the molecule is C[C@H](OC(=O)c1cc(-c2ccc(N3C(=O)[C@H]4[C@H](C3=O)[C@H]3C=C[C@H]4C3)cc2)nc2ccc(Br)cc12)C(=O)c1ccc(Cl)cc1. The van der Waals surface area contributed by atoms with Gasteiger partial charge < -0.3 is 4.74 Å². The Hall–Kier alpha value is -4.14. The summed E-state index contributed by atoms with van der Waals surface area (Å²) in [4.78, 5) is 59.0. The predicted octanol–water partition coefficient (Wildman–Crippen LogP) is 7.06. The van der Waals surface area contributed by atoms with Crippen LogP contribution in [-0.4, -0.2) is 34.7 Å². The van der Waals surface area contributed by atoms with Crippen LogP contribution in [0.25, 0.3) is 22.2 Å². The molecule has 43 heavy (non-hydrogen) atoms. The smallest absolute Gasteiger partial charge is 0.339 e. The van der Waals surface area contributed by atoms with Crippen molar-refractivity contribution >= 4 is 67.7 Å². The average molecular weight is 656 g/mol. The summed E-state index contributed by atoms with van der Waals surface area (Å²) >= 11 is 9.40. The van der Waals surface area contributed by atoms with Crippen molar-refractivity contribution in [3.05, 3.63) is 106 Å². The van der Waals surface area contributed by atoms with E-state index in [0.29, 0.717) is 38.4 Å². The van der Waals surface area contributed by atoms with E-state index >= 15 is 0 Å². The molecule has 0 spiro atoms. The van der Waals surface area contributed by atoms with Crippen molar-refractivity contribution in [1.82, 2.24) is 4.98 Å². The summed E-state index contributed by atoms with van der Waals surface area (Å²) in [7, 11) is 0. The normalized spacial score (nSPS) is 22.7. The number of nitrogens with zero attached hydrogens (tertiary/aromatic N) is 2. The number of rotatable bonds is 6. The molecule has 7 nitrogen and oxygen atoms in total. The molecule has 1 aliphatic heterocycles. The Bertz CT molecular complexity index is 1840. The van der Waals surface area contributed by atoms with Crippen molar-refractivity contribution in [3.8, 4) is 11.3 Å². The minimum Gasteiger partial charge on any atom is -0.451 e. The van der Waals surface area contributed by atoms with Gasteiger partial charge in [0.05, 0.1) is 34.3 Å². The first-order valence-corrected chi connectivity index (χ1v) is 15.1. The van der Waals surface area contributed by atoms with Crippen molar-refractivity contribution < 1.29 is 23.9 Å². The molecule has 2 heterocycles. The largest absolute Gasteiger partial charge is 0.451 e. The van der Waals surface area contributed by atoms with Crippen LogP contribution in [0.15, 0.2) is 89.4 Å². The molecule has 4 aromatic rings. The maximum atomic E-state index is 13.5. The number of amides is 2. The zero-order valence-electron chi connectivity index (χ0n) is 22.9. The number of hydrogen-bond acceptors (Lipinski definition) is 6. The van der Waals surface area contributed by atoms with Gasteiger partial charge in [0.1, 0.15) is 0 Å². The number of pyridine rings is 1. The molecule has 2 fully saturated rings. The molecule has 0 unspecified atom stereocenters. The van der Waals surface area contributed by atoms with Gasteiger partial charge in [-0.05, 0) is 85.8 Å². The maximum absolute atomic E-state index is 13.5. The molecule has 9 heteroatoms. The molecule has 2 amide bonds. The number of Topliss-reactive ketones (excluding diaryl/α,β-unsaturated/α-hetero) is 1. The van der Waals surface area contributed by atoms with E-state index in [0.717, 1.165) is 10.9 Å². The molecule has 2 aliphatic carbocycles. The Morgan fingerprint density at radius 3 is 2.23 bits per heavy atom. The molecule has 1 saturated heterocycles. The first kappa shape index (κ1) is 27.7. The number of esters is 1. The molecule has 7 rings (SSSR count). The van der Waals surface area contributed by atoms with Crippen LogP contribution in [0, 0.1) is 23.7 Å². The summed E-state index contributed by atoms with van der Waals surface area (Å²) in [5, 5.41) is 1.06. The number of fused-ring (bicyclic) bond motifs is 6. The summed E-state index contributed by atoms with van der Waals surface area (Å²) in [6.45, 7) is 1.53. The summed E-state index contributed by atoms with van der Waals surface area (Å²) in [6.07, 6.45) is 3.99. The van der Waals surface area contributed by atoms with Gasteiger partial charge in [-0.1, -0.05) is 51.8 Å². The average Bonchev–Trinajstić information content (AvgIpc) is 3.70. The summed E-state index contributed by atoms with van der Waals surface area (Å²) in [5.74, 6) is -1.56. The molecule has 5 atom stereocenters. The van der Waals surface area contributed by atoms with Crippen LogP contribution < -0.4 is 4.90 Å². The summed E-state index contributed by atoms with van der Waals surface area (Å²) < 4.78 is 6.40. The number of anilines is 1. The number of aromatic nitrogens is 1. The highest BCUT2D eigenvalue weighted by molar-refractivity contribution is 9.10. The second-order valence-electron chi connectivity index (χ2n) is 11.2. The molecule has 0 N–H and O–H groups in total. The molecular formula is C34H24BrClN2O5. The number of allylic oxidation sites excluding steroid dienone is 2. The third kappa shape index (κ3) is 4.69. The summed E-state index contributed by atoms with van der Waals surface area (Å²) in [6, 6.07) is 20.5. The van der Waals surface area contributed by atoms with Crippen molar-refractivity contribution in [2.75, 3.05) is 4.90 Å². The fraction of sp³-hybridized carbons (Fsp3) is 0.206. The molecule has 3 aromatic carbocycles. The summed E-state index contributed by atoms with van der Waals surface area (Å²) in [5.41, 5.74) is 2.91. The lowest BCUT2D eigenvalue weighted by Crippen LogP contribution is -2.32. The zero-order chi connectivity index (χ0) is 30.0. The highest BCUT2D eigenvalue weighted by Gasteiger charge is 2.59. The van der Waals surface area contributed by atoms with E-state index in [1.165, 1.54) is 11.8 Å². The van der Waals surface area contributed by atoms with Crippen molar-refractivity contribution in [3.63, 3.8) is 0 Å². The Morgan fingerprint density at radius 1 is 0.930 bits per heavy atom. The lowest BCUT2D eigenvalue weighted by atomic mass is 9.85. The van der Waals surface area contributed by atoms with E-state index in [1.807, 2.05) is 6.07 Å². The second-order valence-corrected chi connectivity index (χ2v) is 12.5. The number of imide groups is 1. The van der Waals surface area contributed by atoms with Gasteiger partial charge in [0, 0.05) is 26.0 Å². The lowest BCUT2D eigenvalue weighted by Gasteiger charge is -2.18. The first-order valence-electron chi connectivity index (χ1n) is 14.0. The first-order chi connectivity index (χ1) is 20.7. The molecule has 0 radical (unpaired) electrons. The van der Waals surface area contributed by atoms with E-state index in [1.54, 1.807) is 66.7 Å². The quantitative estimate of drug-likeness (QED) is 0.0956. The molecular weight excluding hydrogens is 632 g/mol. The zero-order valence-corrected chi connectivity index (χ0v) is 25.2. The second kappa shape index (κ2) is 10.5. The van der Waals surface area contributed by atoms with Crippen molar-refractivity contribution in [2.24, 2.45) is 23.7 Å². The predicted molar refractivity (Wildman–Crippen MR) is 166 cm³/mol. The molecule has 1 aromatic heterocycles. The Labute approximate surface area is 260 Å². The van der Waals surface area contributed by atoms with Crippen LogP contribution in [0.5, 0.6) is 0 Å². The van der Waals surface area contributed by atoms with E-state index in [2.05, 4.69) is 28.1 Å². The van der Waals surface area contributed by atoms with Gasteiger partial charge in [-0.25, -0.2) is 9.78 Å². The Morgan fingerprint density at radius 2 is 1.58 bits per heavy atom. The van der Waals surface area contributed by atoms with Crippen LogP contribution in [-0.2, 0) is 14.3 Å². The van der Waals surface area contributed by atoms with Gasteiger partial charge >= 0.3 is 5.97 Å². The third-order valence-electron chi connectivity index (χ3n) is 8.66. The molecule has 214 valence electrons. The Kier molecular flexibility index (Phi) is 6.78. The topological polar surface area (TPSA) is 93.6 Å². The van der Waals surface area contributed by atoms with E-state index in [-0.39, 0.29) is 46.8 Å². The third-order valence-corrected chi connectivity index (χ3v) is 9.41. The van der Waals surface area contributed by atoms with Gasteiger partial charge in [0.25, 0.3) is 0 Å². The van der Waals surface area contributed by atoms with Gasteiger partial charge in [0.2, 0.25) is 17.6 Å². The molecule has 3 aliphatic rings. The van der Waals surface area contributed by atoms with Gasteiger partial charge in [-0.2, -0.15) is 0 Å². The number of ketones is 1. The minimum absolute atomic E-state index is 0.138. The van der Waals surface area contributed by atoms with Crippen LogP contribution in [0.1, 0.15) is 34.1 Å².